The van der Waals surface area contributed by atoms with Crippen molar-refractivity contribution in [2.45, 2.75) is 25.7 Å². The Hall–Kier alpha value is -3.20. The summed E-state index contributed by atoms with van der Waals surface area (Å²) < 4.78 is 1.38. The second kappa shape index (κ2) is 6.51. The third-order valence-electron chi connectivity index (χ3n) is 5.07. The Morgan fingerprint density at radius 3 is 2.67 bits per heavy atom. The normalized spacial score (nSPS) is 19.5. The molecule has 4 heterocycles. The first-order valence-electron chi connectivity index (χ1n) is 8.61. The number of carbonyl (C=O) groups excluding carboxylic acids is 1. The third kappa shape index (κ3) is 2.85. The standard InChI is InChI=1S/C18H18N4O5/c23-15-12(18(26)27)9-21-10-13-20(8-11-2-4-19-5-3-11)6-1-7-22(13)17(25)14(21)16(15)24/h2-5,9,13,24H,1,6-8,10H2,(H,26,27). The first-order valence-corrected chi connectivity index (χ1v) is 8.61. The Kier molecular flexibility index (Phi) is 4.15. The highest BCUT2D eigenvalue weighted by Gasteiger charge is 2.40. The molecule has 2 aromatic heterocycles. The zero-order valence-corrected chi connectivity index (χ0v) is 14.4. The Labute approximate surface area is 154 Å². The topological polar surface area (TPSA) is 116 Å². The van der Waals surface area contributed by atoms with Gasteiger partial charge in [0.05, 0.1) is 6.54 Å². The third-order valence-corrected chi connectivity index (χ3v) is 5.07. The maximum Gasteiger partial charge on any atom is 0.341 e. The van der Waals surface area contributed by atoms with Crippen LogP contribution in [0.25, 0.3) is 0 Å². The van der Waals surface area contributed by atoms with Gasteiger partial charge in [-0.05, 0) is 24.1 Å². The first kappa shape index (κ1) is 17.2. The molecule has 1 saturated heterocycles. The summed E-state index contributed by atoms with van der Waals surface area (Å²) in [5.41, 5.74) is -0.675. The van der Waals surface area contributed by atoms with Gasteiger partial charge in [0.2, 0.25) is 5.43 Å². The summed E-state index contributed by atoms with van der Waals surface area (Å²) in [6.07, 6.45) is 5.05. The van der Waals surface area contributed by atoms with Crippen molar-refractivity contribution in [3.63, 3.8) is 0 Å². The van der Waals surface area contributed by atoms with Crippen LogP contribution >= 0.6 is 0 Å². The highest BCUT2D eigenvalue weighted by Crippen LogP contribution is 2.28. The van der Waals surface area contributed by atoms with Crippen LogP contribution in [0.3, 0.4) is 0 Å². The molecule has 0 radical (unpaired) electrons. The van der Waals surface area contributed by atoms with Crippen molar-refractivity contribution in [3.8, 4) is 5.75 Å². The molecule has 0 spiro atoms. The molecule has 9 nitrogen and oxygen atoms in total. The molecule has 27 heavy (non-hydrogen) atoms. The second-order valence-electron chi connectivity index (χ2n) is 6.69. The van der Waals surface area contributed by atoms with E-state index in [2.05, 4.69) is 9.88 Å². The molecule has 2 aliphatic rings. The van der Waals surface area contributed by atoms with Gasteiger partial charge in [-0.1, -0.05) is 0 Å². The number of aromatic nitrogens is 2. The maximum atomic E-state index is 12.9. The van der Waals surface area contributed by atoms with Gasteiger partial charge in [-0.15, -0.1) is 0 Å². The summed E-state index contributed by atoms with van der Waals surface area (Å²) in [6, 6.07) is 3.81. The van der Waals surface area contributed by atoms with Crippen LogP contribution in [0.1, 0.15) is 32.8 Å². The molecule has 4 rings (SSSR count). The number of hydrogen-bond donors (Lipinski definition) is 2. The fraction of sp³-hybridized carbons (Fsp3) is 0.333. The van der Waals surface area contributed by atoms with Gasteiger partial charge in [-0.25, -0.2) is 4.79 Å². The van der Waals surface area contributed by atoms with E-state index >= 15 is 0 Å². The Balaban J connectivity index is 1.73. The lowest BCUT2D eigenvalue weighted by molar-refractivity contribution is -0.0140. The van der Waals surface area contributed by atoms with Crippen LogP contribution in [-0.2, 0) is 13.1 Å². The minimum atomic E-state index is -1.43. The van der Waals surface area contributed by atoms with Gasteiger partial charge in [-0.3, -0.25) is 19.5 Å². The van der Waals surface area contributed by atoms with E-state index < -0.39 is 28.6 Å². The molecule has 0 aromatic carbocycles. The molecule has 0 aliphatic carbocycles. The van der Waals surface area contributed by atoms with Gasteiger partial charge >= 0.3 is 5.97 Å². The predicted octanol–water partition coefficient (Wildman–Crippen LogP) is 0.335. The SMILES string of the molecule is O=C(O)c1cn2c(c(O)c1=O)C(=O)N1CCCN(Cc3ccncc3)C1C2. The van der Waals surface area contributed by atoms with Crippen LogP contribution < -0.4 is 5.43 Å². The van der Waals surface area contributed by atoms with Crippen molar-refractivity contribution >= 4 is 11.9 Å². The van der Waals surface area contributed by atoms with Crippen LogP contribution in [0.5, 0.6) is 5.75 Å². The van der Waals surface area contributed by atoms with Crippen LogP contribution in [-0.4, -0.2) is 60.7 Å². The molecule has 2 N–H and O–H groups in total. The monoisotopic (exact) mass is 370 g/mol. The van der Waals surface area contributed by atoms with E-state index in [4.69, 9.17) is 0 Å². The maximum absolute atomic E-state index is 12.9. The van der Waals surface area contributed by atoms with Crippen molar-refractivity contribution in [1.29, 1.82) is 0 Å². The molecule has 9 heteroatoms. The lowest BCUT2D eigenvalue weighted by Crippen LogP contribution is -2.60. The van der Waals surface area contributed by atoms with Gasteiger partial charge < -0.3 is 19.7 Å². The van der Waals surface area contributed by atoms with Crippen molar-refractivity contribution in [2.24, 2.45) is 0 Å². The molecular weight excluding hydrogens is 352 g/mol. The summed E-state index contributed by atoms with van der Waals surface area (Å²) in [5, 5.41) is 19.4. The lowest BCUT2D eigenvalue weighted by atomic mass is 10.1. The van der Waals surface area contributed by atoms with E-state index in [9.17, 15) is 24.6 Å². The average Bonchev–Trinajstić information content (AvgIpc) is 2.66. The van der Waals surface area contributed by atoms with E-state index in [0.29, 0.717) is 13.1 Å². The van der Waals surface area contributed by atoms with E-state index in [1.54, 1.807) is 17.3 Å². The van der Waals surface area contributed by atoms with Crippen molar-refractivity contribution < 1.29 is 19.8 Å². The number of pyridine rings is 2. The van der Waals surface area contributed by atoms with Gasteiger partial charge in [-0.2, -0.15) is 0 Å². The molecular formula is C18H18N4O5. The number of hydrogen-bond acceptors (Lipinski definition) is 6. The van der Waals surface area contributed by atoms with Gasteiger partial charge in [0.15, 0.2) is 11.4 Å². The van der Waals surface area contributed by atoms with Gasteiger partial charge in [0.1, 0.15) is 11.7 Å². The number of fused-ring (bicyclic) bond motifs is 2. The molecule has 0 saturated carbocycles. The number of aromatic carboxylic acids is 1. The number of nitrogens with zero attached hydrogens (tertiary/aromatic N) is 4. The lowest BCUT2D eigenvalue weighted by Gasteiger charge is -2.47. The smallest absolute Gasteiger partial charge is 0.341 e. The fourth-order valence-electron chi connectivity index (χ4n) is 3.78. The minimum absolute atomic E-state index is 0.146. The van der Waals surface area contributed by atoms with Crippen molar-refractivity contribution in [1.82, 2.24) is 19.4 Å². The number of carboxylic acid groups (broad SMARTS) is 1. The van der Waals surface area contributed by atoms with Crippen LogP contribution in [0.4, 0.5) is 0 Å². The molecule has 1 unspecified atom stereocenters. The van der Waals surface area contributed by atoms with Crippen LogP contribution in [0.15, 0.2) is 35.5 Å². The average molecular weight is 370 g/mol. The summed E-state index contributed by atoms with van der Waals surface area (Å²) in [7, 11) is 0. The number of amides is 1. The molecule has 2 aromatic rings. The summed E-state index contributed by atoms with van der Waals surface area (Å²) in [6.45, 7) is 2.19. The number of aromatic hydroxyl groups is 1. The number of carboxylic acids is 1. The Bertz CT molecular complexity index is 972. The van der Waals surface area contributed by atoms with Gasteiger partial charge in [0.25, 0.3) is 5.91 Å². The Morgan fingerprint density at radius 2 is 1.96 bits per heavy atom. The van der Waals surface area contributed by atoms with Crippen LogP contribution in [0.2, 0.25) is 0 Å². The molecule has 1 amide bonds. The van der Waals surface area contributed by atoms with E-state index in [0.717, 1.165) is 24.7 Å². The minimum Gasteiger partial charge on any atom is -0.503 e. The molecule has 0 bridgehead atoms. The largest absolute Gasteiger partial charge is 0.503 e. The van der Waals surface area contributed by atoms with E-state index in [1.165, 1.54) is 4.57 Å². The fourth-order valence-corrected chi connectivity index (χ4v) is 3.78. The quantitative estimate of drug-likeness (QED) is 0.800. The van der Waals surface area contributed by atoms with E-state index in [-0.39, 0.29) is 18.4 Å². The van der Waals surface area contributed by atoms with Crippen LogP contribution in [0, 0.1) is 0 Å². The van der Waals surface area contributed by atoms with E-state index in [1.807, 2.05) is 12.1 Å². The zero-order valence-electron chi connectivity index (χ0n) is 14.4. The summed E-state index contributed by atoms with van der Waals surface area (Å²) in [5.74, 6) is -2.69. The second-order valence-corrected chi connectivity index (χ2v) is 6.69. The number of rotatable bonds is 3. The highest BCUT2D eigenvalue weighted by atomic mass is 16.4. The Morgan fingerprint density at radius 1 is 1.22 bits per heavy atom. The van der Waals surface area contributed by atoms with Crippen molar-refractivity contribution in [2.75, 3.05) is 13.1 Å². The predicted molar refractivity (Wildman–Crippen MR) is 93.4 cm³/mol. The van der Waals surface area contributed by atoms with Crippen molar-refractivity contribution in [3.05, 3.63) is 57.8 Å². The molecule has 140 valence electrons. The zero-order chi connectivity index (χ0) is 19.1. The summed E-state index contributed by atoms with van der Waals surface area (Å²) >= 11 is 0. The molecule has 1 atom stereocenters. The molecule has 2 aliphatic heterocycles. The number of carbonyl (C=O) groups is 2. The molecule has 1 fully saturated rings. The summed E-state index contributed by atoms with van der Waals surface area (Å²) in [4.78, 5) is 44.1. The van der Waals surface area contributed by atoms with Gasteiger partial charge in [0, 0.05) is 38.2 Å². The first-order chi connectivity index (χ1) is 13.0. The highest BCUT2D eigenvalue weighted by molar-refractivity contribution is 5.97.